The van der Waals surface area contributed by atoms with E-state index < -0.39 is 0 Å². The molecule has 0 radical (unpaired) electrons. The van der Waals surface area contributed by atoms with Gasteiger partial charge < -0.3 is 10.5 Å². The van der Waals surface area contributed by atoms with Crippen LogP contribution >= 0.6 is 11.6 Å². The highest BCUT2D eigenvalue weighted by molar-refractivity contribution is 6.32. The Balaban J connectivity index is 2.09. The molecule has 0 amide bonds. The zero-order chi connectivity index (χ0) is 13.4. The van der Waals surface area contributed by atoms with Crippen molar-refractivity contribution >= 4 is 17.3 Å². The van der Waals surface area contributed by atoms with Crippen LogP contribution in [-0.2, 0) is 0 Å². The molecule has 2 nitrogen and oxygen atoms in total. The average molecular weight is 272 g/mol. The third-order valence-corrected chi connectivity index (χ3v) is 4.02. The number of benzene rings is 2. The lowest BCUT2D eigenvalue weighted by Gasteiger charge is -2.26. The van der Waals surface area contributed by atoms with Crippen LogP contribution < -0.4 is 0 Å². The molecule has 3 rings (SSSR count). The summed E-state index contributed by atoms with van der Waals surface area (Å²) in [6.45, 7) is 0. The van der Waals surface area contributed by atoms with E-state index >= 15 is 0 Å². The number of phenolic OH excluding ortho intramolecular Hbond substituents is 1. The first-order chi connectivity index (χ1) is 9.16. The van der Waals surface area contributed by atoms with Gasteiger partial charge in [-0.25, -0.2) is 0 Å². The molecule has 0 heterocycles. The Bertz CT molecular complexity index is 651. The summed E-state index contributed by atoms with van der Waals surface area (Å²) in [7, 11) is 0. The second-order valence-corrected chi connectivity index (χ2v) is 5.28. The number of nitrogens with one attached hydrogen (secondary N) is 1. The van der Waals surface area contributed by atoms with Crippen molar-refractivity contribution in [2.45, 2.75) is 18.8 Å². The monoisotopic (exact) mass is 271 g/mol. The Labute approximate surface area is 117 Å². The first kappa shape index (κ1) is 12.2. The molecule has 0 bridgehead atoms. The van der Waals surface area contributed by atoms with Crippen LogP contribution in [0.3, 0.4) is 0 Å². The summed E-state index contributed by atoms with van der Waals surface area (Å²) in [4.78, 5) is 0. The van der Waals surface area contributed by atoms with E-state index in [1.807, 2.05) is 30.3 Å². The number of phenols is 1. The minimum atomic E-state index is 0.113. The third-order valence-electron chi connectivity index (χ3n) is 3.72. The van der Waals surface area contributed by atoms with Gasteiger partial charge in [0.25, 0.3) is 0 Å². The van der Waals surface area contributed by atoms with Crippen LogP contribution in [0.5, 0.6) is 5.75 Å². The minimum absolute atomic E-state index is 0.113. The van der Waals surface area contributed by atoms with Crippen LogP contribution in [0.15, 0.2) is 42.5 Å². The fourth-order valence-corrected chi connectivity index (χ4v) is 2.93. The van der Waals surface area contributed by atoms with Crippen LogP contribution in [0, 0.1) is 5.41 Å². The van der Waals surface area contributed by atoms with Crippen LogP contribution in [-0.4, -0.2) is 10.8 Å². The smallest absolute Gasteiger partial charge is 0.134 e. The molecule has 1 atom stereocenters. The number of fused-ring (bicyclic) bond motifs is 1. The highest BCUT2D eigenvalue weighted by atomic mass is 35.5. The van der Waals surface area contributed by atoms with E-state index in [9.17, 15) is 5.11 Å². The molecule has 2 N–H and O–H groups in total. The summed E-state index contributed by atoms with van der Waals surface area (Å²) in [6, 6.07) is 13.4. The van der Waals surface area contributed by atoms with E-state index in [2.05, 4.69) is 6.07 Å². The molecule has 19 heavy (non-hydrogen) atoms. The molecule has 0 saturated heterocycles. The maximum atomic E-state index is 9.51. The van der Waals surface area contributed by atoms with Crippen molar-refractivity contribution in [1.82, 2.24) is 0 Å². The number of hydrogen-bond acceptors (Lipinski definition) is 2. The van der Waals surface area contributed by atoms with Gasteiger partial charge in [-0.3, -0.25) is 0 Å². The second kappa shape index (κ2) is 4.71. The number of hydrogen-bond donors (Lipinski definition) is 2. The van der Waals surface area contributed by atoms with Gasteiger partial charge in [0.15, 0.2) is 0 Å². The summed E-state index contributed by atoms with van der Waals surface area (Å²) in [5.41, 5.74) is 4.02. The molecule has 0 saturated carbocycles. The van der Waals surface area contributed by atoms with E-state index in [-0.39, 0.29) is 11.7 Å². The molecule has 2 aromatic carbocycles. The molecular formula is C16H14ClNO. The molecule has 3 heteroatoms. The lowest BCUT2D eigenvalue weighted by molar-refractivity contribution is 0.475. The number of rotatable bonds is 1. The molecule has 1 aliphatic rings. The van der Waals surface area contributed by atoms with E-state index in [0.717, 1.165) is 24.0 Å². The van der Waals surface area contributed by atoms with E-state index in [4.69, 9.17) is 17.0 Å². The van der Waals surface area contributed by atoms with Crippen LogP contribution in [0.25, 0.3) is 0 Å². The lowest BCUT2D eigenvalue weighted by Crippen LogP contribution is -2.16. The summed E-state index contributed by atoms with van der Waals surface area (Å²) in [5, 5.41) is 17.9. The standard InChI is InChI=1S/C16H14ClNO/c17-14-9-10(5-8-16(14)19)11-6-7-15(18)13-4-2-1-3-12(11)13/h1-5,8-9,11,18-19H,6-7H2. The highest BCUT2D eigenvalue weighted by Gasteiger charge is 2.24. The fraction of sp³-hybridized carbons (Fsp3) is 0.188. The average Bonchev–Trinajstić information content (AvgIpc) is 2.43. The van der Waals surface area contributed by atoms with Crippen LogP contribution in [0.2, 0.25) is 5.02 Å². The molecule has 96 valence electrons. The molecule has 0 fully saturated rings. The maximum absolute atomic E-state index is 9.51. The Morgan fingerprint density at radius 1 is 1.16 bits per heavy atom. The largest absolute Gasteiger partial charge is 0.506 e. The van der Waals surface area contributed by atoms with Gasteiger partial charge in [0.2, 0.25) is 0 Å². The van der Waals surface area contributed by atoms with Crippen molar-refractivity contribution in [2.24, 2.45) is 0 Å². The van der Waals surface area contributed by atoms with Gasteiger partial charge in [-0.2, -0.15) is 0 Å². The fourth-order valence-electron chi connectivity index (χ4n) is 2.74. The van der Waals surface area contributed by atoms with Crippen LogP contribution in [0.4, 0.5) is 0 Å². The van der Waals surface area contributed by atoms with Crippen LogP contribution in [0.1, 0.15) is 35.4 Å². The van der Waals surface area contributed by atoms with Crippen molar-refractivity contribution in [3.05, 3.63) is 64.2 Å². The first-order valence-electron chi connectivity index (χ1n) is 6.32. The predicted octanol–water partition coefficient (Wildman–Crippen LogP) is 4.34. The second-order valence-electron chi connectivity index (χ2n) is 4.87. The van der Waals surface area contributed by atoms with Crippen molar-refractivity contribution in [1.29, 1.82) is 5.41 Å². The van der Waals surface area contributed by atoms with Gasteiger partial charge >= 0.3 is 0 Å². The lowest BCUT2D eigenvalue weighted by atomic mass is 9.78. The molecule has 2 aromatic rings. The van der Waals surface area contributed by atoms with Crippen molar-refractivity contribution in [3.63, 3.8) is 0 Å². The minimum Gasteiger partial charge on any atom is -0.506 e. The summed E-state index contributed by atoms with van der Waals surface area (Å²) >= 11 is 6.00. The topological polar surface area (TPSA) is 44.1 Å². The van der Waals surface area contributed by atoms with Crippen molar-refractivity contribution < 1.29 is 5.11 Å². The summed E-state index contributed by atoms with van der Waals surface area (Å²) < 4.78 is 0. The Morgan fingerprint density at radius 3 is 2.74 bits per heavy atom. The molecule has 0 aliphatic heterocycles. The summed E-state index contributed by atoms with van der Waals surface area (Å²) in [6.07, 6.45) is 1.69. The molecule has 1 aliphatic carbocycles. The van der Waals surface area contributed by atoms with Gasteiger partial charge in [-0.1, -0.05) is 41.9 Å². The number of aromatic hydroxyl groups is 1. The van der Waals surface area contributed by atoms with Gasteiger partial charge in [-0.05, 0) is 41.7 Å². The zero-order valence-electron chi connectivity index (χ0n) is 10.4. The van der Waals surface area contributed by atoms with E-state index in [0.29, 0.717) is 10.7 Å². The number of halogens is 1. The highest BCUT2D eigenvalue weighted by Crippen LogP contribution is 2.38. The maximum Gasteiger partial charge on any atom is 0.134 e. The van der Waals surface area contributed by atoms with Gasteiger partial charge in [0.1, 0.15) is 5.75 Å². The normalized spacial score (nSPS) is 18.2. The third kappa shape index (κ3) is 2.13. The van der Waals surface area contributed by atoms with E-state index in [1.165, 1.54) is 5.56 Å². The molecule has 1 unspecified atom stereocenters. The molecular weight excluding hydrogens is 258 g/mol. The molecule has 0 spiro atoms. The molecule has 0 aromatic heterocycles. The quantitative estimate of drug-likeness (QED) is 0.796. The van der Waals surface area contributed by atoms with E-state index in [1.54, 1.807) is 6.07 Å². The van der Waals surface area contributed by atoms with Gasteiger partial charge in [-0.15, -0.1) is 0 Å². The Morgan fingerprint density at radius 2 is 1.95 bits per heavy atom. The summed E-state index contributed by atoms with van der Waals surface area (Å²) in [5.74, 6) is 0.366. The predicted molar refractivity (Wildman–Crippen MR) is 77.5 cm³/mol. The van der Waals surface area contributed by atoms with Gasteiger partial charge in [0, 0.05) is 11.6 Å². The van der Waals surface area contributed by atoms with Crippen molar-refractivity contribution in [2.75, 3.05) is 0 Å². The Hall–Kier alpha value is -1.80. The Kier molecular flexibility index (Phi) is 3.03. The SMILES string of the molecule is N=C1CCC(c2ccc(O)c(Cl)c2)c2ccccc21. The van der Waals surface area contributed by atoms with Crippen molar-refractivity contribution in [3.8, 4) is 5.75 Å². The zero-order valence-corrected chi connectivity index (χ0v) is 11.1. The first-order valence-corrected chi connectivity index (χ1v) is 6.70. The van der Waals surface area contributed by atoms with Gasteiger partial charge in [0.05, 0.1) is 5.02 Å².